The van der Waals surface area contributed by atoms with Gasteiger partial charge in [-0.2, -0.15) is 0 Å². The van der Waals surface area contributed by atoms with E-state index in [1.54, 1.807) is 0 Å². The molecule has 196 valence electrons. The minimum Gasteiger partial charge on any atom is -0.489 e. The molecule has 1 saturated carbocycles. The lowest BCUT2D eigenvalue weighted by Crippen LogP contribution is -2.48. The van der Waals surface area contributed by atoms with Gasteiger partial charge in [-0.1, -0.05) is 42.5 Å². The summed E-state index contributed by atoms with van der Waals surface area (Å²) in [5.41, 5.74) is 10.3. The van der Waals surface area contributed by atoms with Crippen LogP contribution in [0.3, 0.4) is 0 Å². The van der Waals surface area contributed by atoms with Crippen molar-refractivity contribution in [3.63, 3.8) is 0 Å². The van der Waals surface area contributed by atoms with Crippen molar-refractivity contribution in [2.75, 3.05) is 38.6 Å². The van der Waals surface area contributed by atoms with Crippen molar-refractivity contribution < 1.29 is 14.3 Å². The number of hydrogen-bond donors (Lipinski definition) is 2. The van der Waals surface area contributed by atoms with Crippen LogP contribution in [0.1, 0.15) is 24.4 Å². The molecule has 0 atom stereocenters. The summed E-state index contributed by atoms with van der Waals surface area (Å²) >= 11 is 0. The number of hydrogen-bond acceptors (Lipinski definition) is 6. The van der Waals surface area contributed by atoms with Crippen molar-refractivity contribution in [2.24, 2.45) is 5.92 Å². The largest absolute Gasteiger partial charge is 0.489 e. The maximum absolute atomic E-state index is 12.4. The van der Waals surface area contributed by atoms with Crippen LogP contribution < -0.4 is 15.8 Å². The molecule has 0 spiro atoms. The second kappa shape index (κ2) is 10.7. The molecule has 0 radical (unpaired) electrons. The Morgan fingerprint density at radius 2 is 1.89 bits per heavy atom. The molecule has 4 aromatic rings. The molecule has 9 heteroatoms. The molecule has 1 saturated heterocycles. The number of carbonyl (C=O) groups excluding carboxylic acids is 1. The van der Waals surface area contributed by atoms with Crippen LogP contribution in [0.4, 0.5) is 10.6 Å². The van der Waals surface area contributed by atoms with Crippen molar-refractivity contribution in [1.29, 1.82) is 0 Å². The number of ether oxygens (including phenoxy) is 2. The first-order chi connectivity index (χ1) is 18.7. The Kier molecular flexibility index (Phi) is 6.83. The highest BCUT2D eigenvalue weighted by atomic mass is 16.5. The molecular weight excluding hydrogens is 480 g/mol. The lowest BCUT2D eigenvalue weighted by atomic mass is 9.80. The third-order valence-electron chi connectivity index (χ3n) is 7.48. The molecule has 1 aliphatic carbocycles. The number of rotatable bonds is 7. The fraction of sp³-hybridized carbons (Fsp3) is 0.345. The van der Waals surface area contributed by atoms with E-state index in [0.29, 0.717) is 57.2 Å². The van der Waals surface area contributed by atoms with E-state index in [4.69, 9.17) is 15.2 Å². The third-order valence-corrected chi connectivity index (χ3v) is 7.48. The highest BCUT2D eigenvalue weighted by Crippen LogP contribution is 2.43. The maximum Gasteiger partial charge on any atom is 0.317 e. The van der Waals surface area contributed by atoms with E-state index >= 15 is 0 Å². The zero-order chi connectivity index (χ0) is 25.9. The van der Waals surface area contributed by atoms with Crippen molar-refractivity contribution in [1.82, 2.24) is 24.8 Å². The highest BCUT2D eigenvalue weighted by molar-refractivity contribution is 6.00. The summed E-state index contributed by atoms with van der Waals surface area (Å²) in [6, 6.07) is 18.5. The molecule has 3 N–H and O–H groups in total. The van der Waals surface area contributed by atoms with Gasteiger partial charge in [-0.3, -0.25) is 0 Å². The Balaban J connectivity index is 1.16. The molecule has 2 aromatic carbocycles. The number of urea groups is 1. The number of carbonyl (C=O) groups is 1. The van der Waals surface area contributed by atoms with Crippen LogP contribution in [0, 0.1) is 5.92 Å². The number of nitrogens with two attached hydrogens (primary N) is 1. The van der Waals surface area contributed by atoms with Crippen LogP contribution >= 0.6 is 0 Å². The molecule has 2 fully saturated rings. The molecule has 2 aromatic heterocycles. The van der Waals surface area contributed by atoms with E-state index in [2.05, 4.69) is 44.2 Å². The minimum absolute atomic E-state index is 0.000305. The van der Waals surface area contributed by atoms with E-state index in [0.717, 1.165) is 46.3 Å². The van der Waals surface area contributed by atoms with E-state index in [9.17, 15) is 4.79 Å². The summed E-state index contributed by atoms with van der Waals surface area (Å²) in [5.74, 6) is 1.69. The number of aromatic nitrogens is 3. The molecule has 2 aliphatic rings. The summed E-state index contributed by atoms with van der Waals surface area (Å²) in [6.45, 7) is 3.69. The van der Waals surface area contributed by atoms with Gasteiger partial charge >= 0.3 is 6.03 Å². The van der Waals surface area contributed by atoms with Gasteiger partial charge in [-0.25, -0.2) is 14.8 Å². The Bertz CT molecular complexity index is 1410. The zero-order valence-electron chi connectivity index (χ0n) is 21.3. The van der Waals surface area contributed by atoms with Gasteiger partial charge in [0.15, 0.2) is 0 Å². The van der Waals surface area contributed by atoms with Gasteiger partial charge in [0, 0.05) is 37.4 Å². The van der Waals surface area contributed by atoms with Gasteiger partial charge in [0.25, 0.3) is 0 Å². The first kappa shape index (κ1) is 24.2. The summed E-state index contributed by atoms with van der Waals surface area (Å²) in [7, 11) is 0. The fourth-order valence-electron chi connectivity index (χ4n) is 5.30. The van der Waals surface area contributed by atoms with Gasteiger partial charge in [0.1, 0.15) is 30.1 Å². The van der Waals surface area contributed by atoms with Crippen LogP contribution in [0.2, 0.25) is 0 Å². The van der Waals surface area contributed by atoms with Crippen molar-refractivity contribution in [2.45, 2.75) is 25.5 Å². The van der Waals surface area contributed by atoms with Crippen molar-refractivity contribution in [3.8, 4) is 16.9 Å². The number of fused-ring (bicyclic) bond motifs is 1. The number of anilines is 1. The van der Waals surface area contributed by atoms with Crippen LogP contribution in [-0.2, 0) is 11.3 Å². The quantitative estimate of drug-likeness (QED) is 0.383. The van der Waals surface area contributed by atoms with Gasteiger partial charge in [-0.15, -0.1) is 0 Å². The van der Waals surface area contributed by atoms with Crippen LogP contribution in [0.25, 0.3) is 22.2 Å². The van der Waals surface area contributed by atoms with E-state index < -0.39 is 0 Å². The van der Waals surface area contributed by atoms with Crippen molar-refractivity contribution >= 4 is 22.9 Å². The second-order valence-electron chi connectivity index (χ2n) is 9.99. The average molecular weight is 513 g/mol. The van der Waals surface area contributed by atoms with E-state index in [1.165, 1.54) is 6.33 Å². The number of nitrogens with zero attached hydrogens (tertiary/aromatic N) is 4. The van der Waals surface area contributed by atoms with E-state index in [-0.39, 0.29) is 6.03 Å². The topological polar surface area (TPSA) is 108 Å². The lowest BCUT2D eigenvalue weighted by molar-refractivity contribution is 0.0524. The first-order valence-corrected chi connectivity index (χ1v) is 13.1. The summed E-state index contributed by atoms with van der Waals surface area (Å²) in [6.07, 6.45) is 5.60. The second-order valence-corrected chi connectivity index (χ2v) is 9.99. The molecule has 9 nitrogen and oxygen atoms in total. The molecule has 1 aliphatic heterocycles. The maximum atomic E-state index is 12.4. The fourth-order valence-corrected chi connectivity index (χ4v) is 5.30. The summed E-state index contributed by atoms with van der Waals surface area (Å²) in [5, 5.41) is 3.95. The van der Waals surface area contributed by atoms with Crippen LogP contribution in [-0.4, -0.2) is 58.3 Å². The minimum atomic E-state index is 0.000305. The molecule has 2 amide bonds. The Labute approximate surface area is 221 Å². The van der Waals surface area contributed by atoms with E-state index in [1.807, 2.05) is 41.3 Å². The van der Waals surface area contributed by atoms with Gasteiger partial charge < -0.3 is 30.0 Å². The molecule has 38 heavy (non-hydrogen) atoms. The molecule has 6 rings (SSSR count). The SMILES string of the molecule is Nc1ncnc2c1c(-c1cccc(OCc3ccccc3)c1)cn2C1CC(CNC(=O)N2CCOCC2)C1. The van der Waals surface area contributed by atoms with Crippen LogP contribution in [0.15, 0.2) is 67.1 Å². The van der Waals surface area contributed by atoms with Crippen molar-refractivity contribution in [3.05, 3.63) is 72.7 Å². The number of amides is 2. The first-order valence-electron chi connectivity index (χ1n) is 13.1. The molecule has 0 unspecified atom stereocenters. The number of morpholine rings is 1. The smallest absolute Gasteiger partial charge is 0.317 e. The van der Waals surface area contributed by atoms with Gasteiger partial charge in [0.05, 0.1) is 18.6 Å². The van der Waals surface area contributed by atoms with Crippen LogP contribution in [0.5, 0.6) is 5.75 Å². The number of nitrogen functional groups attached to an aromatic ring is 1. The zero-order valence-corrected chi connectivity index (χ0v) is 21.3. The molecular formula is C29H32N6O3. The number of nitrogens with one attached hydrogen (secondary N) is 1. The Morgan fingerprint density at radius 3 is 2.71 bits per heavy atom. The van der Waals surface area contributed by atoms with Gasteiger partial charge in [0.2, 0.25) is 0 Å². The van der Waals surface area contributed by atoms with Gasteiger partial charge in [-0.05, 0) is 42.0 Å². The monoisotopic (exact) mass is 512 g/mol. The average Bonchev–Trinajstić information content (AvgIpc) is 3.33. The summed E-state index contributed by atoms with van der Waals surface area (Å²) < 4.78 is 13.6. The third kappa shape index (κ3) is 5.02. The molecule has 3 heterocycles. The predicted molar refractivity (Wildman–Crippen MR) is 146 cm³/mol. The number of benzene rings is 2. The summed E-state index contributed by atoms with van der Waals surface area (Å²) in [4.78, 5) is 23.1. The standard InChI is InChI=1S/C29H32N6O3/c30-27-26-25(22-7-4-8-24(15-22)38-18-20-5-2-1-3-6-20)17-35(28(26)33-19-32-27)23-13-21(14-23)16-31-29(36)34-9-11-37-12-10-34/h1-8,15,17,19,21,23H,9-14,16,18H2,(H,31,36)(H2,30,32,33). The normalized spacial score (nSPS) is 19.2. The Hall–Kier alpha value is -4.11. The predicted octanol–water partition coefficient (Wildman–Crippen LogP) is 4.25. The molecule has 0 bridgehead atoms. The Morgan fingerprint density at radius 1 is 1.08 bits per heavy atom. The highest BCUT2D eigenvalue weighted by Gasteiger charge is 2.33. The lowest BCUT2D eigenvalue weighted by Gasteiger charge is -2.37.